The van der Waals surface area contributed by atoms with Gasteiger partial charge in [-0.05, 0) is 43.2 Å². The second-order valence-corrected chi connectivity index (χ2v) is 8.13. The van der Waals surface area contributed by atoms with Crippen LogP contribution in [0.1, 0.15) is 28.0 Å². The number of carbonyl (C=O) groups is 1. The average molecular weight is 486 g/mol. The van der Waals surface area contributed by atoms with Crippen LogP contribution in [0, 0.1) is 12.7 Å². The monoisotopic (exact) mass is 485 g/mol. The Morgan fingerprint density at radius 1 is 1.06 bits per heavy atom. The highest BCUT2D eigenvalue weighted by atomic mass is 35.5. The van der Waals surface area contributed by atoms with Crippen LogP contribution in [0.5, 0.6) is 17.2 Å². The summed E-state index contributed by atoms with van der Waals surface area (Å²) in [5.74, 6) is 1.35. The predicted molar refractivity (Wildman–Crippen MR) is 128 cm³/mol. The second-order valence-electron chi connectivity index (χ2n) is 7.78. The molecule has 0 radical (unpaired) electrons. The van der Waals surface area contributed by atoms with Gasteiger partial charge in [-0.15, -0.1) is 0 Å². The van der Waals surface area contributed by atoms with Gasteiger partial charge in [0.05, 0.1) is 43.8 Å². The van der Waals surface area contributed by atoms with Gasteiger partial charge in [-0.2, -0.15) is 5.10 Å². The molecular formula is C25H25ClFN3O4. The first-order valence-electron chi connectivity index (χ1n) is 10.7. The Labute approximate surface area is 202 Å². The van der Waals surface area contributed by atoms with Gasteiger partial charge in [-0.3, -0.25) is 4.79 Å². The zero-order valence-electron chi connectivity index (χ0n) is 19.4. The summed E-state index contributed by atoms with van der Waals surface area (Å²) in [5.41, 5.74) is 3.28. The van der Waals surface area contributed by atoms with Crippen LogP contribution in [0.25, 0.3) is 11.3 Å². The smallest absolute Gasteiger partial charge is 0.259 e. The van der Waals surface area contributed by atoms with Crippen LogP contribution in [0.2, 0.25) is 5.15 Å². The van der Waals surface area contributed by atoms with Crippen LogP contribution < -0.4 is 14.2 Å². The molecule has 0 saturated heterocycles. The molecule has 1 amide bonds. The minimum atomic E-state index is -0.360. The Bertz CT molecular complexity index is 1230. The minimum absolute atomic E-state index is 0.197. The van der Waals surface area contributed by atoms with Gasteiger partial charge in [0, 0.05) is 25.2 Å². The number of hydrogen-bond donors (Lipinski definition) is 0. The number of carbonyl (C=O) groups excluding carboxylic acids is 1. The molecule has 0 fully saturated rings. The lowest BCUT2D eigenvalue weighted by atomic mass is 9.97. The topological polar surface area (TPSA) is 65.8 Å². The van der Waals surface area contributed by atoms with E-state index in [9.17, 15) is 9.18 Å². The molecule has 0 N–H and O–H groups in total. The SMILES string of the molecule is COc1cc(OC)c(C2=CCN(C(=O)c3c(C)nn(-c4ccc(F)cc4)c3Cl)CC2)c(OC)c1. The number of benzene rings is 2. The molecule has 0 aliphatic carbocycles. The second kappa shape index (κ2) is 9.77. The highest BCUT2D eigenvalue weighted by molar-refractivity contribution is 6.33. The summed E-state index contributed by atoms with van der Waals surface area (Å²) in [6, 6.07) is 9.39. The van der Waals surface area contributed by atoms with Crippen molar-refractivity contribution in [2.45, 2.75) is 13.3 Å². The molecule has 34 heavy (non-hydrogen) atoms. The molecule has 0 spiro atoms. The number of aryl methyl sites for hydroxylation is 1. The lowest BCUT2D eigenvalue weighted by Gasteiger charge is -2.28. The summed E-state index contributed by atoms with van der Waals surface area (Å²) in [6.45, 7) is 2.61. The van der Waals surface area contributed by atoms with Gasteiger partial charge >= 0.3 is 0 Å². The molecule has 0 unspecified atom stereocenters. The number of methoxy groups -OCH3 is 3. The van der Waals surface area contributed by atoms with Crippen LogP contribution in [0.3, 0.4) is 0 Å². The van der Waals surface area contributed by atoms with Crippen LogP contribution in [0.4, 0.5) is 4.39 Å². The molecule has 0 saturated carbocycles. The maximum atomic E-state index is 13.3. The Balaban J connectivity index is 1.60. The first kappa shape index (κ1) is 23.6. The average Bonchev–Trinajstić information content (AvgIpc) is 3.16. The molecule has 9 heteroatoms. The Morgan fingerprint density at radius 3 is 2.24 bits per heavy atom. The lowest BCUT2D eigenvalue weighted by molar-refractivity contribution is 0.0772. The zero-order valence-corrected chi connectivity index (χ0v) is 20.1. The highest BCUT2D eigenvalue weighted by Crippen LogP contribution is 2.41. The van der Waals surface area contributed by atoms with Crippen molar-refractivity contribution in [1.82, 2.24) is 14.7 Å². The number of ether oxygens (including phenoxy) is 3. The van der Waals surface area contributed by atoms with Crippen molar-refractivity contribution in [2.75, 3.05) is 34.4 Å². The fourth-order valence-electron chi connectivity index (χ4n) is 4.06. The molecule has 178 valence electrons. The van der Waals surface area contributed by atoms with Crippen LogP contribution in [-0.4, -0.2) is 55.0 Å². The molecule has 1 aromatic heterocycles. The molecule has 4 rings (SSSR count). The molecule has 2 aromatic carbocycles. The molecule has 2 heterocycles. The molecule has 0 bridgehead atoms. The van der Waals surface area contributed by atoms with E-state index in [4.69, 9.17) is 25.8 Å². The van der Waals surface area contributed by atoms with Gasteiger partial charge in [0.2, 0.25) is 0 Å². The third kappa shape index (κ3) is 4.33. The zero-order chi connectivity index (χ0) is 24.4. The third-order valence-corrected chi connectivity index (χ3v) is 6.17. The van der Waals surface area contributed by atoms with Crippen molar-refractivity contribution in [2.24, 2.45) is 0 Å². The molecule has 1 aliphatic rings. The maximum absolute atomic E-state index is 13.3. The number of hydrogen-bond acceptors (Lipinski definition) is 5. The van der Waals surface area contributed by atoms with Crippen molar-refractivity contribution in [1.29, 1.82) is 0 Å². The van der Waals surface area contributed by atoms with E-state index in [0.717, 1.165) is 11.1 Å². The normalized spacial score (nSPS) is 13.5. The molecular weight excluding hydrogens is 461 g/mol. The van der Waals surface area contributed by atoms with Gasteiger partial charge in [0.25, 0.3) is 5.91 Å². The van der Waals surface area contributed by atoms with E-state index in [2.05, 4.69) is 5.10 Å². The molecule has 1 aliphatic heterocycles. The van der Waals surface area contributed by atoms with E-state index in [1.54, 1.807) is 45.3 Å². The molecule has 0 atom stereocenters. The largest absolute Gasteiger partial charge is 0.496 e. The van der Waals surface area contributed by atoms with Gasteiger partial charge in [-0.1, -0.05) is 17.7 Å². The summed E-state index contributed by atoms with van der Waals surface area (Å²) in [4.78, 5) is 15.1. The summed E-state index contributed by atoms with van der Waals surface area (Å²) in [5, 5.41) is 4.60. The summed E-state index contributed by atoms with van der Waals surface area (Å²) in [6.07, 6.45) is 2.59. The Kier molecular flexibility index (Phi) is 6.79. The molecule has 3 aromatic rings. The fraction of sp³-hybridized carbons (Fsp3) is 0.280. The van der Waals surface area contributed by atoms with E-state index in [1.165, 1.54) is 16.8 Å². The van der Waals surface area contributed by atoms with Gasteiger partial charge < -0.3 is 19.1 Å². The standard InChI is InChI=1S/C25H25ClFN3O4/c1-15-22(24(26)30(28-15)18-7-5-17(27)6-8-18)25(31)29-11-9-16(10-12-29)23-20(33-3)13-19(32-2)14-21(23)34-4/h5-9,13-14H,10-12H2,1-4H3. The van der Waals surface area contributed by atoms with Gasteiger partial charge in [-0.25, -0.2) is 9.07 Å². The van der Waals surface area contributed by atoms with Crippen molar-refractivity contribution in [3.05, 3.63) is 70.3 Å². The van der Waals surface area contributed by atoms with Crippen molar-refractivity contribution < 1.29 is 23.4 Å². The van der Waals surface area contributed by atoms with Crippen LogP contribution in [0.15, 0.2) is 42.5 Å². The number of nitrogens with zero attached hydrogens (tertiary/aromatic N) is 3. The van der Waals surface area contributed by atoms with Crippen LogP contribution >= 0.6 is 11.6 Å². The third-order valence-electron chi connectivity index (χ3n) is 5.82. The first-order chi connectivity index (χ1) is 16.4. The predicted octanol–water partition coefficient (Wildman–Crippen LogP) is 4.93. The van der Waals surface area contributed by atoms with E-state index in [-0.39, 0.29) is 16.9 Å². The number of aromatic nitrogens is 2. The number of halogens is 2. The summed E-state index contributed by atoms with van der Waals surface area (Å²) in [7, 11) is 4.78. The van der Waals surface area contributed by atoms with E-state index < -0.39 is 0 Å². The fourth-order valence-corrected chi connectivity index (χ4v) is 4.41. The number of amides is 1. The minimum Gasteiger partial charge on any atom is -0.496 e. The van der Waals surface area contributed by atoms with Crippen molar-refractivity contribution in [3.63, 3.8) is 0 Å². The van der Waals surface area contributed by atoms with Crippen LogP contribution in [-0.2, 0) is 0 Å². The van der Waals surface area contributed by atoms with E-state index in [0.29, 0.717) is 53.7 Å². The molecule has 7 nitrogen and oxygen atoms in total. The van der Waals surface area contributed by atoms with E-state index >= 15 is 0 Å². The van der Waals surface area contributed by atoms with Crippen molar-refractivity contribution >= 4 is 23.1 Å². The summed E-state index contributed by atoms with van der Waals surface area (Å²) >= 11 is 6.55. The quantitative estimate of drug-likeness (QED) is 0.495. The van der Waals surface area contributed by atoms with Crippen molar-refractivity contribution in [3.8, 4) is 22.9 Å². The Hall–Kier alpha value is -3.52. The lowest BCUT2D eigenvalue weighted by Crippen LogP contribution is -2.35. The van der Waals surface area contributed by atoms with Gasteiger partial charge in [0.1, 0.15) is 28.2 Å². The van der Waals surface area contributed by atoms with E-state index in [1.807, 2.05) is 18.2 Å². The first-order valence-corrected chi connectivity index (χ1v) is 11.1. The number of rotatable bonds is 6. The summed E-state index contributed by atoms with van der Waals surface area (Å²) < 4.78 is 31.2. The van der Waals surface area contributed by atoms with Gasteiger partial charge in [0.15, 0.2) is 0 Å². The Morgan fingerprint density at radius 2 is 1.71 bits per heavy atom. The maximum Gasteiger partial charge on any atom is 0.259 e. The highest BCUT2D eigenvalue weighted by Gasteiger charge is 2.28.